The lowest BCUT2D eigenvalue weighted by molar-refractivity contribution is -0.292. The number of alkyl halides is 6. The smallest absolute Gasteiger partial charge is 0.419 e. The van der Waals surface area contributed by atoms with Gasteiger partial charge in [0.2, 0.25) is 0 Å². The predicted octanol–water partition coefficient (Wildman–Crippen LogP) is 4.30. The van der Waals surface area contributed by atoms with Crippen molar-refractivity contribution < 1.29 is 31.5 Å². The van der Waals surface area contributed by atoms with Crippen LogP contribution in [0.4, 0.5) is 22.0 Å². The summed E-state index contributed by atoms with van der Waals surface area (Å²) in [5.41, 5.74) is -0.153. The number of rotatable bonds is 3. The van der Waals surface area contributed by atoms with Crippen LogP contribution in [0.1, 0.15) is 18.1 Å². The van der Waals surface area contributed by atoms with E-state index in [2.05, 4.69) is 4.74 Å². The van der Waals surface area contributed by atoms with Gasteiger partial charge in [0.15, 0.2) is 0 Å². The molecule has 0 aliphatic heterocycles. The average molecular weight is 361 g/mol. The lowest BCUT2D eigenvalue weighted by Crippen LogP contribution is -2.53. The number of ether oxygens (including phenoxy) is 1. The summed E-state index contributed by atoms with van der Waals surface area (Å²) < 4.78 is 66.0. The Morgan fingerprint density at radius 3 is 1.90 bits per heavy atom. The predicted molar refractivity (Wildman–Crippen MR) is 64.6 cm³/mol. The molecule has 20 heavy (non-hydrogen) atoms. The van der Waals surface area contributed by atoms with Gasteiger partial charge in [-0.25, -0.2) is 4.39 Å². The number of benzene rings is 1. The van der Waals surface area contributed by atoms with E-state index in [9.17, 15) is 26.7 Å². The molecule has 0 heterocycles. The molecule has 0 N–H and O–H groups in total. The molecule has 1 rings (SSSR count). The molecule has 0 bridgehead atoms. The highest BCUT2D eigenvalue weighted by atomic mass is 79.9. The summed E-state index contributed by atoms with van der Waals surface area (Å²) in [6.45, 7) is 2.29. The molecule has 0 amide bonds. The molecule has 8 heteroatoms. The van der Waals surface area contributed by atoms with Gasteiger partial charge in [0, 0.05) is 12.5 Å². The summed E-state index contributed by atoms with van der Waals surface area (Å²) in [5.74, 6) is -5.43. The third-order valence-electron chi connectivity index (χ3n) is 2.47. The van der Waals surface area contributed by atoms with Crippen molar-refractivity contribution in [2.75, 3.05) is 0 Å². The number of aryl methyl sites for hydroxylation is 1. The Labute approximate surface area is 120 Å². The van der Waals surface area contributed by atoms with E-state index >= 15 is 0 Å². The zero-order valence-corrected chi connectivity index (χ0v) is 12.0. The third-order valence-corrected chi connectivity index (χ3v) is 3.43. The molecule has 0 aliphatic carbocycles. The summed E-state index contributed by atoms with van der Waals surface area (Å²) in [7, 11) is 0. The molecule has 0 radical (unpaired) electrons. The quantitative estimate of drug-likeness (QED) is 0.456. The number of carbonyl (C=O) groups is 1. The number of hydrogen-bond donors (Lipinski definition) is 0. The molecule has 0 unspecified atom stereocenters. The van der Waals surface area contributed by atoms with E-state index in [4.69, 9.17) is 0 Å². The number of halogens is 6. The fraction of sp³-hybridized carbons (Fsp3) is 0.417. The average Bonchev–Trinajstić information content (AvgIpc) is 2.26. The molecule has 0 saturated carbocycles. The normalized spacial score (nSPS) is 18.0. The molecule has 1 aromatic rings. The van der Waals surface area contributed by atoms with E-state index in [-0.39, 0.29) is 0 Å². The maximum Gasteiger partial charge on any atom is 0.440 e. The second-order valence-electron chi connectivity index (χ2n) is 4.13. The summed E-state index contributed by atoms with van der Waals surface area (Å²) in [4.78, 5) is 10.9. The minimum atomic E-state index is -5.64. The van der Waals surface area contributed by atoms with Crippen LogP contribution in [0.2, 0.25) is 0 Å². The summed E-state index contributed by atoms with van der Waals surface area (Å²) >= 11 is 1.66. The van der Waals surface area contributed by atoms with Gasteiger partial charge in [-0.1, -0.05) is 29.8 Å². The van der Waals surface area contributed by atoms with Crippen LogP contribution in [0.5, 0.6) is 0 Å². The Bertz CT molecular complexity index is 498. The number of carbonyl (C=O) groups excluding carboxylic acids is 1. The van der Waals surface area contributed by atoms with Gasteiger partial charge >= 0.3 is 22.6 Å². The van der Waals surface area contributed by atoms with Gasteiger partial charge in [0.1, 0.15) is 0 Å². The zero-order chi connectivity index (χ0) is 15.8. The second-order valence-corrected chi connectivity index (χ2v) is 5.22. The molecule has 2 nitrogen and oxygen atoms in total. The van der Waals surface area contributed by atoms with Gasteiger partial charge in [-0.15, -0.1) is 0 Å². The van der Waals surface area contributed by atoms with E-state index in [1.807, 2.05) is 0 Å². The van der Waals surface area contributed by atoms with Crippen LogP contribution in [-0.2, 0) is 15.4 Å². The van der Waals surface area contributed by atoms with Crippen molar-refractivity contribution in [1.29, 1.82) is 0 Å². The van der Waals surface area contributed by atoms with E-state index in [0.717, 1.165) is 12.1 Å². The van der Waals surface area contributed by atoms with Gasteiger partial charge in [0.25, 0.3) is 0 Å². The van der Waals surface area contributed by atoms with E-state index in [1.54, 1.807) is 22.9 Å². The highest BCUT2D eigenvalue weighted by Gasteiger charge is 2.71. The van der Waals surface area contributed by atoms with E-state index < -0.39 is 28.1 Å². The van der Waals surface area contributed by atoms with Crippen molar-refractivity contribution in [3.05, 3.63) is 35.4 Å². The standard InChI is InChI=1S/C12H10BrF5O2/c1-7-3-5-9(6-4-7)10(14,20-8(2)19)11(13,15)12(16,17)18/h3-6H,1-2H3/t10-,11+/m0/s1. The Hall–Kier alpha value is -1.18. The van der Waals surface area contributed by atoms with Crippen LogP contribution in [0.25, 0.3) is 0 Å². The first-order chi connectivity index (χ1) is 8.92. The highest BCUT2D eigenvalue weighted by molar-refractivity contribution is 9.10. The van der Waals surface area contributed by atoms with Crippen molar-refractivity contribution in [1.82, 2.24) is 0 Å². The van der Waals surface area contributed by atoms with E-state index in [1.165, 1.54) is 12.1 Å². The van der Waals surface area contributed by atoms with Crippen molar-refractivity contribution in [3.8, 4) is 0 Å². The van der Waals surface area contributed by atoms with Gasteiger partial charge < -0.3 is 4.74 Å². The molecule has 0 aliphatic rings. The first-order valence-corrected chi connectivity index (χ1v) is 6.11. The second kappa shape index (κ2) is 5.31. The molecular formula is C12H10BrF5O2. The summed E-state index contributed by atoms with van der Waals surface area (Å²) in [6, 6.07) is 4.37. The molecule has 2 atom stereocenters. The number of hydrogen-bond acceptors (Lipinski definition) is 2. The Balaban J connectivity index is 3.44. The maximum absolute atomic E-state index is 14.6. The van der Waals surface area contributed by atoms with Crippen LogP contribution in [-0.4, -0.2) is 16.7 Å². The highest BCUT2D eigenvalue weighted by Crippen LogP contribution is 2.54. The molecule has 1 aromatic carbocycles. The SMILES string of the molecule is CC(=O)O[C@@](F)(c1ccc(C)cc1)[C@](F)(Br)C(F)(F)F. The van der Waals surface area contributed by atoms with Gasteiger partial charge in [-0.3, -0.25) is 4.79 Å². The van der Waals surface area contributed by atoms with Crippen LogP contribution in [0.3, 0.4) is 0 Å². The van der Waals surface area contributed by atoms with Crippen LogP contribution in [0.15, 0.2) is 24.3 Å². The minimum Gasteiger partial charge on any atom is -0.419 e. The van der Waals surface area contributed by atoms with E-state index in [0.29, 0.717) is 12.5 Å². The number of esters is 1. The summed E-state index contributed by atoms with van der Waals surface area (Å²) in [5, 5.41) is 0. The first-order valence-electron chi connectivity index (χ1n) is 5.32. The minimum absolute atomic E-state index is 0.616. The molecule has 0 aromatic heterocycles. The Morgan fingerprint density at radius 1 is 1.10 bits per heavy atom. The van der Waals surface area contributed by atoms with Gasteiger partial charge in [-0.2, -0.15) is 17.6 Å². The zero-order valence-electron chi connectivity index (χ0n) is 10.4. The maximum atomic E-state index is 14.6. The molecule has 0 spiro atoms. The lowest BCUT2D eigenvalue weighted by atomic mass is 10.0. The first kappa shape index (κ1) is 16.9. The molecule has 0 saturated heterocycles. The molecular weight excluding hydrogens is 351 g/mol. The fourth-order valence-electron chi connectivity index (χ4n) is 1.45. The topological polar surface area (TPSA) is 26.3 Å². The molecule has 112 valence electrons. The lowest BCUT2D eigenvalue weighted by Gasteiger charge is -2.35. The van der Waals surface area contributed by atoms with Crippen molar-refractivity contribution in [2.45, 2.75) is 30.5 Å². The fourth-order valence-corrected chi connectivity index (χ4v) is 1.76. The van der Waals surface area contributed by atoms with Crippen LogP contribution >= 0.6 is 15.9 Å². The van der Waals surface area contributed by atoms with Crippen LogP contribution in [0, 0.1) is 6.92 Å². The largest absolute Gasteiger partial charge is 0.440 e. The molecule has 0 fully saturated rings. The van der Waals surface area contributed by atoms with Crippen molar-refractivity contribution in [3.63, 3.8) is 0 Å². The van der Waals surface area contributed by atoms with Crippen LogP contribution < -0.4 is 0 Å². The van der Waals surface area contributed by atoms with Gasteiger partial charge in [0.05, 0.1) is 0 Å². The Kier molecular flexibility index (Phi) is 4.48. The monoisotopic (exact) mass is 360 g/mol. The van der Waals surface area contributed by atoms with Gasteiger partial charge in [-0.05, 0) is 22.9 Å². The summed E-state index contributed by atoms with van der Waals surface area (Å²) in [6.07, 6.45) is -5.64. The Morgan fingerprint density at radius 2 is 1.55 bits per heavy atom. The van der Waals surface area contributed by atoms with Crippen molar-refractivity contribution >= 4 is 21.9 Å². The third kappa shape index (κ3) is 2.94. The van der Waals surface area contributed by atoms with Crippen molar-refractivity contribution in [2.24, 2.45) is 0 Å².